The van der Waals surface area contributed by atoms with Crippen molar-refractivity contribution in [3.8, 4) is 5.75 Å². The van der Waals surface area contributed by atoms with Crippen LogP contribution in [0.25, 0.3) is 0 Å². The molecule has 0 atom stereocenters. The molecule has 5 heteroatoms. The second-order valence-electron chi connectivity index (χ2n) is 4.96. The first-order valence-corrected chi connectivity index (χ1v) is 6.48. The van der Waals surface area contributed by atoms with Gasteiger partial charge >= 0.3 is 0 Å². The number of benzene rings is 2. The first kappa shape index (κ1) is 14.8. The van der Waals surface area contributed by atoms with Gasteiger partial charge in [-0.25, -0.2) is 4.39 Å². The molecule has 3 N–H and O–H groups in total. The van der Waals surface area contributed by atoms with E-state index >= 15 is 0 Å². The number of halogens is 1. The number of para-hydroxylation sites is 1. The molecular weight excluding hydrogens is 271 g/mol. The zero-order chi connectivity index (χ0) is 15.6. The number of carbonyl (C=O) groups excluding carboxylic acids is 1. The Morgan fingerprint density at radius 1 is 1.33 bits per heavy atom. The third kappa shape index (κ3) is 3.13. The molecule has 4 nitrogen and oxygen atoms in total. The summed E-state index contributed by atoms with van der Waals surface area (Å²) in [6.45, 7) is 1.78. The number of nitrogens with two attached hydrogens (primary N) is 1. The molecule has 0 saturated heterocycles. The van der Waals surface area contributed by atoms with Crippen LogP contribution in [0.1, 0.15) is 21.5 Å². The van der Waals surface area contributed by atoms with E-state index in [9.17, 15) is 14.3 Å². The molecule has 21 heavy (non-hydrogen) atoms. The number of phenolic OH excluding ortho intramolecular Hbond substituents is 1. The molecule has 1 amide bonds. The van der Waals surface area contributed by atoms with Gasteiger partial charge in [0.15, 0.2) is 0 Å². The predicted octanol–water partition coefficient (Wildman–Crippen LogP) is 2.69. The number of anilines is 1. The van der Waals surface area contributed by atoms with Gasteiger partial charge in [0.25, 0.3) is 5.91 Å². The molecule has 0 aliphatic carbocycles. The van der Waals surface area contributed by atoms with Gasteiger partial charge in [0.2, 0.25) is 0 Å². The molecule has 0 aliphatic heterocycles. The zero-order valence-electron chi connectivity index (χ0n) is 11.9. The second kappa shape index (κ2) is 5.83. The molecule has 0 aromatic heterocycles. The van der Waals surface area contributed by atoms with Gasteiger partial charge in [-0.1, -0.05) is 18.2 Å². The highest BCUT2D eigenvalue weighted by atomic mass is 19.1. The van der Waals surface area contributed by atoms with Crippen LogP contribution in [0.5, 0.6) is 5.75 Å². The second-order valence-corrected chi connectivity index (χ2v) is 4.96. The molecule has 0 fully saturated rings. The Bertz CT molecular complexity index is 663. The Hall–Kier alpha value is -2.56. The summed E-state index contributed by atoms with van der Waals surface area (Å²) in [5.74, 6) is -0.745. The van der Waals surface area contributed by atoms with Crippen molar-refractivity contribution in [2.24, 2.45) is 0 Å². The van der Waals surface area contributed by atoms with E-state index in [1.54, 1.807) is 38.2 Å². The average molecular weight is 288 g/mol. The first-order valence-electron chi connectivity index (χ1n) is 6.48. The predicted molar refractivity (Wildman–Crippen MR) is 79.5 cm³/mol. The summed E-state index contributed by atoms with van der Waals surface area (Å²) >= 11 is 0. The Kier molecular flexibility index (Phi) is 4.12. The van der Waals surface area contributed by atoms with E-state index in [2.05, 4.69) is 0 Å². The number of carbonyl (C=O) groups is 1. The SMILES string of the molecule is Cc1c(N)cc(C(=O)N(C)Cc2ccccc2O)cc1F. The quantitative estimate of drug-likeness (QED) is 0.853. The Morgan fingerprint density at radius 3 is 2.62 bits per heavy atom. The standard InChI is InChI=1S/C16H17FN2O2/c1-10-13(17)7-12(8-14(10)18)16(21)19(2)9-11-5-3-4-6-15(11)20/h3-8,20H,9,18H2,1-2H3. The van der Waals surface area contributed by atoms with Gasteiger partial charge in [-0.2, -0.15) is 0 Å². The molecule has 0 spiro atoms. The van der Waals surface area contributed by atoms with Crippen LogP contribution in [0.3, 0.4) is 0 Å². The van der Waals surface area contributed by atoms with E-state index in [4.69, 9.17) is 5.73 Å². The monoisotopic (exact) mass is 288 g/mol. The molecule has 0 unspecified atom stereocenters. The zero-order valence-corrected chi connectivity index (χ0v) is 11.9. The average Bonchev–Trinajstić information content (AvgIpc) is 2.45. The summed E-state index contributed by atoms with van der Waals surface area (Å²) in [6.07, 6.45) is 0. The summed E-state index contributed by atoms with van der Waals surface area (Å²) < 4.78 is 13.7. The number of nitrogens with zero attached hydrogens (tertiary/aromatic N) is 1. The fourth-order valence-electron chi connectivity index (χ4n) is 2.02. The topological polar surface area (TPSA) is 66.6 Å². The minimum absolute atomic E-state index is 0.117. The lowest BCUT2D eigenvalue weighted by molar-refractivity contribution is 0.0784. The van der Waals surface area contributed by atoms with Gasteiger partial charge < -0.3 is 15.7 Å². The van der Waals surface area contributed by atoms with Crippen molar-refractivity contribution >= 4 is 11.6 Å². The third-order valence-electron chi connectivity index (χ3n) is 3.38. The minimum atomic E-state index is -0.505. The molecule has 2 aromatic carbocycles. The normalized spacial score (nSPS) is 10.4. The smallest absolute Gasteiger partial charge is 0.254 e. The number of nitrogen functional groups attached to an aromatic ring is 1. The van der Waals surface area contributed by atoms with Crippen LogP contribution in [-0.2, 0) is 6.54 Å². The van der Waals surface area contributed by atoms with Gasteiger partial charge in [0.1, 0.15) is 11.6 Å². The molecule has 0 radical (unpaired) electrons. The fourth-order valence-corrected chi connectivity index (χ4v) is 2.02. The maximum Gasteiger partial charge on any atom is 0.254 e. The van der Waals surface area contributed by atoms with Crippen LogP contribution >= 0.6 is 0 Å². The van der Waals surface area contributed by atoms with Crippen LogP contribution in [0.4, 0.5) is 10.1 Å². The van der Waals surface area contributed by atoms with Gasteiger partial charge in [-0.05, 0) is 25.1 Å². The molecule has 0 aliphatic rings. The summed E-state index contributed by atoms with van der Waals surface area (Å²) in [7, 11) is 1.59. The van der Waals surface area contributed by atoms with E-state index in [0.717, 1.165) is 0 Å². The fraction of sp³-hybridized carbons (Fsp3) is 0.188. The number of phenols is 1. The van der Waals surface area contributed by atoms with Crippen molar-refractivity contribution in [2.45, 2.75) is 13.5 Å². The van der Waals surface area contributed by atoms with Crippen molar-refractivity contribution < 1.29 is 14.3 Å². The van der Waals surface area contributed by atoms with E-state index in [1.165, 1.54) is 17.0 Å². The lowest BCUT2D eigenvalue weighted by atomic mass is 10.1. The van der Waals surface area contributed by atoms with Crippen LogP contribution in [0.2, 0.25) is 0 Å². The molecule has 0 saturated carbocycles. The van der Waals surface area contributed by atoms with Crippen molar-refractivity contribution in [1.82, 2.24) is 4.90 Å². The van der Waals surface area contributed by atoms with Crippen molar-refractivity contribution in [1.29, 1.82) is 0 Å². The van der Waals surface area contributed by atoms with Crippen LogP contribution < -0.4 is 5.73 Å². The summed E-state index contributed by atoms with van der Waals surface area (Å²) in [4.78, 5) is 13.7. The summed E-state index contributed by atoms with van der Waals surface area (Å²) in [5, 5.41) is 9.72. The van der Waals surface area contributed by atoms with E-state index in [0.29, 0.717) is 11.1 Å². The summed E-state index contributed by atoms with van der Waals surface area (Å²) in [6, 6.07) is 9.39. The minimum Gasteiger partial charge on any atom is -0.508 e. The molecule has 2 rings (SSSR count). The number of hydrogen-bond donors (Lipinski definition) is 2. The maximum atomic E-state index is 13.7. The number of hydrogen-bond acceptors (Lipinski definition) is 3. The molecule has 2 aromatic rings. The molecular formula is C16H17FN2O2. The molecule has 0 heterocycles. The third-order valence-corrected chi connectivity index (χ3v) is 3.38. The van der Waals surface area contributed by atoms with Gasteiger partial charge in [0, 0.05) is 36.0 Å². The molecule has 0 bridgehead atoms. The first-order chi connectivity index (χ1) is 9.90. The van der Waals surface area contributed by atoms with Gasteiger partial charge in [-0.3, -0.25) is 4.79 Å². The highest BCUT2D eigenvalue weighted by Crippen LogP contribution is 2.21. The maximum absolute atomic E-state index is 13.7. The van der Waals surface area contributed by atoms with Crippen molar-refractivity contribution in [3.63, 3.8) is 0 Å². The van der Waals surface area contributed by atoms with Crippen molar-refractivity contribution in [2.75, 3.05) is 12.8 Å². The Balaban J connectivity index is 2.22. The number of amides is 1. The van der Waals surface area contributed by atoms with Gasteiger partial charge in [0.05, 0.1) is 0 Å². The van der Waals surface area contributed by atoms with E-state index in [1.807, 2.05) is 0 Å². The highest BCUT2D eigenvalue weighted by molar-refractivity contribution is 5.95. The Morgan fingerprint density at radius 2 is 2.00 bits per heavy atom. The Labute approximate surface area is 122 Å². The number of rotatable bonds is 3. The van der Waals surface area contributed by atoms with Crippen LogP contribution in [0.15, 0.2) is 36.4 Å². The summed E-state index contributed by atoms with van der Waals surface area (Å²) in [5.41, 5.74) is 7.07. The highest BCUT2D eigenvalue weighted by Gasteiger charge is 2.16. The van der Waals surface area contributed by atoms with Crippen LogP contribution in [0, 0.1) is 12.7 Å². The van der Waals surface area contributed by atoms with Crippen molar-refractivity contribution in [3.05, 3.63) is 58.9 Å². The lowest BCUT2D eigenvalue weighted by Gasteiger charge is -2.18. The largest absolute Gasteiger partial charge is 0.508 e. The lowest BCUT2D eigenvalue weighted by Crippen LogP contribution is -2.26. The van der Waals surface area contributed by atoms with Crippen LogP contribution in [-0.4, -0.2) is 23.0 Å². The number of aromatic hydroxyl groups is 1. The van der Waals surface area contributed by atoms with E-state index in [-0.39, 0.29) is 29.5 Å². The van der Waals surface area contributed by atoms with E-state index < -0.39 is 5.82 Å². The van der Waals surface area contributed by atoms with Gasteiger partial charge in [-0.15, -0.1) is 0 Å². The molecule has 110 valence electrons.